The first-order chi connectivity index (χ1) is 9.70. The summed E-state index contributed by atoms with van der Waals surface area (Å²) in [6.07, 6.45) is 6.11. The summed E-state index contributed by atoms with van der Waals surface area (Å²) < 4.78 is 9.68. The van der Waals surface area contributed by atoms with Gasteiger partial charge in [-0.3, -0.25) is 9.59 Å². The van der Waals surface area contributed by atoms with E-state index in [2.05, 4.69) is 11.8 Å². The van der Waals surface area contributed by atoms with Crippen LogP contribution in [0.2, 0.25) is 0 Å². The molecule has 4 heteroatoms. The highest BCUT2D eigenvalue weighted by atomic mass is 16.5. The van der Waals surface area contributed by atoms with Crippen LogP contribution in [-0.4, -0.2) is 25.2 Å². The summed E-state index contributed by atoms with van der Waals surface area (Å²) in [4.78, 5) is 22.1. The van der Waals surface area contributed by atoms with Crippen LogP contribution in [0.1, 0.15) is 65.2 Å². The monoisotopic (exact) mass is 282 g/mol. The molecule has 0 bridgehead atoms. The van der Waals surface area contributed by atoms with Gasteiger partial charge >= 0.3 is 11.9 Å². The van der Waals surface area contributed by atoms with Crippen LogP contribution in [0.15, 0.2) is 0 Å². The third-order valence-electron chi connectivity index (χ3n) is 2.60. The number of hydrogen-bond donors (Lipinski definition) is 0. The molecule has 0 aliphatic heterocycles. The van der Waals surface area contributed by atoms with Crippen LogP contribution in [0.25, 0.3) is 0 Å². The van der Waals surface area contributed by atoms with Crippen molar-refractivity contribution in [1.82, 2.24) is 0 Å². The predicted molar refractivity (Wildman–Crippen MR) is 78.0 cm³/mol. The summed E-state index contributed by atoms with van der Waals surface area (Å²) in [7, 11) is 0. The molecule has 4 nitrogen and oxygen atoms in total. The predicted octanol–water partition coefficient (Wildman–Crippen LogP) is 3.24. The second-order valence-electron chi connectivity index (χ2n) is 4.38. The van der Waals surface area contributed by atoms with Gasteiger partial charge in [-0.05, 0) is 39.5 Å². The smallest absolute Gasteiger partial charge is 0.305 e. The Labute approximate surface area is 122 Å². The maximum absolute atomic E-state index is 11.1. The van der Waals surface area contributed by atoms with Gasteiger partial charge in [0.05, 0.1) is 13.2 Å². The summed E-state index contributed by atoms with van der Waals surface area (Å²) in [6, 6.07) is 0. The van der Waals surface area contributed by atoms with E-state index in [-0.39, 0.29) is 11.9 Å². The minimum absolute atomic E-state index is 0.126. The molecule has 0 saturated carbocycles. The van der Waals surface area contributed by atoms with Crippen LogP contribution in [0.4, 0.5) is 0 Å². The number of esters is 2. The van der Waals surface area contributed by atoms with Gasteiger partial charge in [0.1, 0.15) is 0 Å². The molecular weight excluding hydrogens is 256 g/mol. The van der Waals surface area contributed by atoms with E-state index in [4.69, 9.17) is 9.47 Å². The van der Waals surface area contributed by atoms with E-state index in [0.29, 0.717) is 26.1 Å². The maximum Gasteiger partial charge on any atom is 0.305 e. The second-order valence-corrected chi connectivity index (χ2v) is 4.38. The quantitative estimate of drug-likeness (QED) is 0.351. The van der Waals surface area contributed by atoms with E-state index in [9.17, 15) is 9.59 Å². The van der Waals surface area contributed by atoms with Crippen molar-refractivity contribution >= 4 is 11.9 Å². The number of carbonyl (C=O) groups excluding carboxylic acids is 2. The van der Waals surface area contributed by atoms with Gasteiger partial charge in [-0.15, -0.1) is 11.8 Å². The van der Waals surface area contributed by atoms with Crippen molar-refractivity contribution in [3.05, 3.63) is 0 Å². The number of hydrogen-bond acceptors (Lipinski definition) is 4. The number of carbonyl (C=O) groups is 2. The minimum atomic E-state index is -0.126. The third kappa shape index (κ3) is 12.9. The van der Waals surface area contributed by atoms with E-state index in [1.165, 1.54) is 0 Å². The van der Waals surface area contributed by atoms with Crippen LogP contribution in [0.5, 0.6) is 0 Å². The molecule has 0 atom stereocenters. The highest BCUT2D eigenvalue weighted by Gasteiger charge is 2.00. The fourth-order valence-electron chi connectivity index (χ4n) is 1.61. The Hall–Kier alpha value is -1.50. The Morgan fingerprint density at radius 1 is 0.750 bits per heavy atom. The lowest BCUT2D eigenvalue weighted by Crippen LogP contribution is -2.03. The van der Waals surface area contributed by atoms with E-state index in [0.717, 1.165) is 38.5 Å². The average Bonchev–Trinajstić information content (AvgIpc) is 2.41. The molecule has 114 valence electrons. The molecule has 0 aromatic rings. The Kier molecular flexibility index (Phi) is 12.9. The lowest BCUT2D eigenvalue weighted by atomic mass is 10.1. The standard InChI is InChI=1S/C16H26O4/c1-3-19-15(17)13-11-9-7-5-6-8-10-12-14-16(18)20-4-2/h3-4,7-14H2,1-2H3. The maximum atomic E-state index is 11.1. The highest BCUT2D eigenvalue weighted by molar-refractivity contribution is 5.69. The van der Waals surface area contributed by atoms with E-state index in [1.807, 2.05) is 13.8 Å². The van der Waals surface area contributed by atoms with Gasteiger partial charge in [0.25, 0.3) is 0 Å². The second kappa shape index (κ2) is 13.9. The Morgan fingerprint density at radius 2 is 1.15 bits per heavy atom. The topological polar surface area (TPSA) is 52.6 Å². The highest BCUT2D eigenvalue weighted by Crippen LogP contribution is 2.02. The van der Waals surface area contributed by atoms with Crippen molar-refractivity contribution < 1.29 is 19.1 Å². The Bertz CT molecular complexity index is 295. The molecule has 0 aliphatic rings. The zero-order valence-corrected chi connectivity index (χ0v) is 12.7. The lowest BCUT2D eigenvalue weighted by molar-refractivity contribution is -0.144. The lowest BCUT2D eigenvalue weighted by Gasteiger charge is -1.99. The summed E-state index contributed by atoms with van der Waals surface area (Å²) in [6.45, 7) is 4.52. The largest absolute Gasteiger partial charge is 0.466 e. The van der Waals surface area contributed by atoms with Gasteiger partial charge in [0.15, 0.2) is 0 Å². The van der Waals surface area contributed by atoms with Gasteiger partial charge in [-0.1, -0.05) is 0 Å². The first kappa shape index (κ1) is 18.5. The van der Waals surface area contributed by atoms with E-state index >= 15 is 0 Å². The van der Waals surface area contributed by atoms with Crippen LogP contribution < -0.4 is 0 Å². The zero-order valence-electron chi connectivity index (χ0n) is 12.7. The third-order valence-corrected chi connectivity index (χ3v) is 2.60. The molecule has 0 N–H and O–H groups in total. The number of rotatable bonds is 10. The van der Waals surface area contributed by atoms with Crippen LogP contribution in [-0.2, 0) is 19.1 Å². The zero-order chi connectivity index (χ0) is 15.1. The van der Waals surface area contributed by atoms with Crippen molar-refractivity contribution in [3.8, 4) is 11.8 Å². The Morgan fingerprint density at radius 3 is 1.50 bits per heavy atom. The molecule has 0 fully saturated rings. The van der Waals surface area contributed by atoms with Gasteiger partial charge in [-0.25, -0.2) is 0 Å². The molecule has 0 unspecified atom stereocenters. The molecule has 0 spiro atoms. The number of ether oxygens (including phenoxy) is 2. The van der Waals surface area contributed by atoms with E-state index < -0.39 is 0 Å². The molecule has 0 rings (SSSR count). The van der Waals surface area contributed by atoms with Crippen molar-refractivity contribution in [1.29, 1.82) is 0 Å². The van der Waals surface area contributed by atoms with Gasteiger partial charge in [0, 0.05) is 25.7 Å². The molecule has 0 aromatic heterocycles. The molecule has 0 radical (unpaired) electrons. The van der Waals surface area contributed by atoms with Crippen molar-refractivity contribution in [2.45, 2.75) is 65.2 Å². The van der Waals surface area contributed by atoms with Crippen molar-refractivity contribution in [2.75, 3.05) is 13.2 Å². The Balaban J connectivity index is 3.33. The first-order valence-electron chi connectivity index (χ1n) is 7.47. The SMILES string of the molecule is CCOC(=O)CCCCC#CCCCCC(=O)OCC. The summed E-state index contributed by atoms with van der Waals surface area (Å²) >= 11 is 0. The normalized spacial score (nSPS) is 9.50. The van der Waals surface area contributed by atoms with Crippen LogP contribution >= 0.6 is 0 Å². The molecular formula is C16H26O4. The fraction of sp³-hybridized carbons (Fsp3) is 0.750. The van der Waals surface area contributed by atoms with Crippen LogP contribution in [0.3, 0.4) is 0 Å². The molecule has 20 heavy (non-hydrogen) atoms. The molecule has 0 aromatic carbocycles. The molecule has 0 amide bonds. The van der Waals surface area contributed by atoms with E-state index in [1.54, 1.807) is 0 Å². The van der Waals surface area contributed by atoms with Crippen molar-refractivity contribution in [2.24, 2.45) is 0 Å². The fourth-order valence-corrected chi connectivity index (χ4v) is 1.61. The van der Waals surface area contributed by atoms with Crippen LogP contribution in [0, 0.1) is 11.8 Å². The summed E-state index contributed by atoms with van der Waals surface area (Å²) in [5.74, 6) is 5.92. The average molecular weight is 282 g/mol. The van der Waals surface area contributed by atoms with Gasteiger partial charge < -0.3 is 9.47 Å². The molecule has 0 saturated heterocycles. The molecule has 0 aliphatic carbocycles. The van der Waals surface area contributed by atoms with Gasteiger partial charge in [-0.2, -0.15) is 0 Å². The number of unbranched alkanes of at least 4 members (excludes halogenated alkanes) is 4. The molecule has 0 heterocycles. The van der Waals surface area contributed by atoms with Crippen molar-refractivity contribution in [3.63, 3.8) is 0 Å². The summed E-state index contributed by atoms with van der Waals surface area (Å²) in [5, 5.41) is 0. The minimum Gasteiger partial charge on any atom is -0.466 e. The summed E-state index contributed by atoms with van der Waals surface area (Å²) in [5.41, 5.74) is 0. The van der Waals surface area contributed by atoms with Gasteiger partial charge in [0.2, 0.25) is 0 Å². The first-order valence-corrected chi connectivity index (χ1v) is 7.47.